The molecule has 0 aliphatic carbocycles. The number of aliphatic hydroxyl groups excluding tert-OH is 1. The monoisotopic (exact) mass is 295 g/mol. The van der Waals surface area contributed by atoms with E-state index in [0.717, 1.165) is 29.4 Å². The van der Waals surface area contributed by atoms with Crippen molar-refractivity contribution in [2.45, 2.75) is 25.0 Å². The second-order valence-electron chi connectivity index (χ2n) is 6.77. The maximum Gasteiger partial charge on any atom is 0.131 e. The van der Waals surface area contributed by atoms with Gasteiger partial charge in [-0.05, 0) is 23.6 Å². The third kappa shape index (κ3) is 2.16. The fourth-order valence-electron chi connectivity index (χ4n) is 4.50. The first-order valence-corrected chi connectivity index (χ1v) is 8.27. The summed E-state index contributed by atoms with van der Waals surface area (Å²) in [6.45, 7) is 6.29. The van der Waals surface area contributed by atoms with Crippen LogP contribution in [-0.4, -0.2) is 29.2 Å². The molecular formula is C19H23N2O+. The summed E-state index contributed by atoms with van der Waals surface area (Å²) in [5.74, 6) is 1.32. The number of aliphatic hydroxyl groups is 1. The minimum Gasteiger partial charge on any atom is -0.382 e. The van der Waals surface area contributed by atoms with Crippen molar-refractivity contribution in [1.29, 1.82) is 0 Å². The molecule has 114 valence electrons. The number of nitrogens with one attached hydrogen (secondary N) is 1. The van der Waals surface area contributed by atoms with Crippen molar-refractivity contribution in [3.05, 3.63) is 54.7 Å². The van der Waals surface area contributed by atoms with E-state index in [1.54, 1.807) is 4.90 Å². The summed E-state index contributed by atoms with van der Waals surface area (Å²) in [7, 11) is 0. The summed E-state index contributed by atoms with van der Waals surface area (Å²) in [5, 5.41) is 12.1. The zero-order valence-electron chi connectivity index (χ0n) is 12.8. The average Bonchev–Trinajstić information content (AvgIpc) is 2.60. The van der Waals surface area contributed by atoms with Crippen molar-refractivity contribution in [2.75, 3.05) is 13.1 Å². The minimum absolute atomic E-state index is 0.306. The number of benzene rings is 1. The van der Waals surface area contributed by atoms with E-state index in [9.17, 15) is 5.11 Å². The molecule has 1 aromatic heterocycles. The van der Waals surface area contributed by atoms with Crippen molar-refractivity contribution >= 4 is 10.9 Å². The van der Waals surface area contributed by atoms with Gasteiger partial charge in [-0.2, -0.15) is 0 Å². The zero-order chi connectivity index (χ0) is 15.1. The molecule has 3 saturated heterocycles. The lowest BCUT2D eigenvalue weighted by atomic mass is 9.73. The summed E-state index contributed by atoms with van der Waals surface area (Å²) in [6, 6.07) is 10.4. The Hall–Kier alpha value is -1.71. The van der Waals surface area contributed by atoms with E-state index in [4.69, 9.17) is 0 Å². The highest BCUT2D eigenvalue weighted by Gasteiger charge is 2.45. The van der Waals surface area contributed by atoms with Gasteiger partial charge in [-0.15, -0.1) is 6.58 Å². The molecule has 3 heteroatoms. The molecular weight excluding hydrogens is 272 g/mol. The van der Waals surface area contributed by atoms with Crippen LogP contribution in [0.4, 0.5) is 0 Å². The zero-order valence-corrected chi connectivity index (χ0v) is 12.8. The predicted molar refractivity (Wildman–Crippen MR) is 87.6 cm³/mol. The Morgan fingerprint density at radius 3 is 2.95 bits per heavy atom. The topological polar surface area (TPSA) is 37.6 Å². The van der Waals surface area contributed by atoms with Gasteiger partial charge in [-0.25, -0.2) is 0 Å². The Labute approximate surface area is 131 Å². The van der Waals surface area contributed by atoms with Crippen LogP contribution < -0.4 is 4.90 Å². The molecule has 3 aliphatic rings. The Kier molecular flexibility index (Phi) is 3.47. The number of quaternary nitrogens is 1. The number of nitrogens with zero attached hydrogens (tertiary/aromatic N) is 1. The van der Waals surface area contributed by atoms with E-state index in [0.29, 0.717) is 17.9 Å². The van der Waals surface area contributed by atoms with Crippen molar-refractivity contribution in [3.63, 3.8) is 0 Å². The summed E-state index contributed by atoms with van der Waals surface area (Å²) in [5.41, 5.74) is 2.00. The van der Waals surface area contributed by atoms with Gasteiger partial charge in [0.1, 0.15) is 12.1 Å². The predicted octanol–water partition coefficient (Wildman–Crippen LogP) is 1.75. The SMILES string of the molecule is C=C[C@@H]1C[NH+]2CC[C@H]1C[C@@H]2[C@H](O)c1ccnc2ccccc12. The molecule has 1 aromatic carbocycles. The van der Waals surface area contributed by atoms with Crippen LogP contribution in [0.15, 0.2) is 49.2 Å². The normalized spacial score (nSPS) is 32.0. The number of hydrogen-bond acceptors (Lipinski definition) is 2. The van der Waals surface area contributed by atoms with E-state index in [1.165, 1.54) is 13.0 Å². The first-order chi connectivity index (χ1) is 10.8. The fourth-order valence-corrected chi connectivity index (χ4v) is 4.50. The molecule has 4 heterocycles. The van der Waals surface area contributed by atoms with Gasteiger partial charge in [-0.1, -0.05) is 24.3 Å². The first kappa shape index (κ1) is 13.9. The van der Waals surface area contributed by atoms with Crippen LogP contribution in [0.1, 0.15) is 24.5 Å². The second kappa shape index (κ2) is 5.49. The number of aromatic nitrogens is 1. The quantitative estimate of drug-likeness (QED) is 0.847. The standard InChI is InChI=1S/C19H22N2O/c1-2-13-12-21-10-8-14(13)11-18(21)19(22)16-7-9-20-17-6-4-3-5-15(16)17/h2-7,9,13-14,18-19,22H,1,8,10-12H2/p+1/t13-,14+,18-,19-/m1/s1. The maximum absolute atomic E-state index is 11.0. The minimum atomic E-state index is -0.406. The lowest BCUT2D eigenvalue weighted by molar-refractivity contribution is -0.949. The molecule has 3 fully saturated rings. The molecule has 5 rings (SSSR count). The first-order valence-electron chi connectivity index (χ1n) is 8.27. The highest BCUT2D eigenvalue weighted by Crippen LogP contribution is 2.33. The van der Waals surface area contributed by atoms with E-state index in [2.05, 4.69) is 23.7 Å². The van der Waals surface area contributed by atoms with Crippen LogP contribution in [0, 0.1) is 11.8 Å². The smallest absolute Gasteiger partial charge is 0.131 e. The van der Waals surface area contributed by atoms with Crippen LogP contribution in [0.5, 0.6) is 0 Å². The highest BCUT2D eigenvalue weighted by molar-refractivity contribution is 5.82. The van der Waals surface area contributed by atoms with Crippen LogP contribution in [-0.2, 0) is 0 Å². The molecule has 0 radical (unpaired) electrons. The molecule has 3 nitrogen and oxygen atoms in total. The molecule has 2 N–H and O–H groups in total. The Bertz CT molecular complexity index is 693. The summed E-state index contributed by atoms with van der Waals surface area (Å²) >= 11 is 0. The van der Waals surface area contributed by atoms with Crippen molar-refractivity contribution in [1.82, 2.24) is 4.98 Å². The average molecular weight is 295 g/mol. The van der Waals surface area contributed by atoms with E-state index < -0.39 is 6.10 Å². The van der Waals surface area contributed by atoms with Gasteiger partial charge in [-0.3, -0.25) is 4.98 Å². The fraction of sp³-hybridized carbons (Fsp3) is 0.421. The molecule has 0 spiro atoms. The van der Waals surface area contributed by atoms with Gasteiger partial charge in [0.2, 0.25) is 0 Å². The molecule has 0 amide bonds. The van der Waals surface area contributed by atoms with Crippen LogP contribution in [0.25, 0.3) is 10.9 Å². The van der Waals surface area contributed by atoms with Gasteiger partial charge < -0.3 is 10.0 Å². The largest absolute Gasteiger partial charge is 0.382 e. The van der Waals surface area contributed by atoms with Crippen LogP contribution in [0.2, 0.25) is 0 Å². The lowest BCUT2D eigenvalue weighted by Crippen LogP contribution is -3.20. The summed E-state index contributed by atoms with van der Waals surface area (Å²) in [4.78, 5) is 5.95. The van der Waals surface area contributed by atoms with Gasteiger partial charge in [0.05, 0.1) is 18.6 Å². The highest BCUT2D eigenvalue weighted by atomic mass is 16.3. The van der Waals surface area contributed by atoms with Gasteiger partial charge in [0, 0.05) is 30.3 Å². The van der Waals surface area contributed by atoms with Gasteiger partial charge in [0.25, 0.3) is 0 Å². The third-order valence-corrected chi connectivity index (χ3v) is 5.71. The second-order valence-corrected chi connectivity index (χ2v) is 6.77. The maximum atomic E-state index is 11.0. The molecule has 2 bridgehead atoms. The molecule has 2 aromatic rings. The Balaban J connectivity index is 1.67. The van der Waals surface area contributed by atoms with Gasteiger partial charge >= 0.3 is 0 Å². The van der Waals surface area contributed by atoms with Gasteiger partial charge in [0.15, 0.2) is 0 Å². The summed E-state index contributed by atoms with van der Waals surface area (Å²) < 4.78 is 0. The number of fused-ring (bicyclic) bond motifs is 4. The van der Waals surface area contributed by atoms with Crippen molar-refractivity contribution in [2.24, 2.45) is 11.8 Å². The van der Waals surface area contributed by atoms with Crippen LogP contribution in [0.3, 0.4) is 0 Å². The number of rotatable bonds is 3. The van der Waals surface area contributed by atoms with Crippen molar-refractivity contribution in [3.8, 4) is 0 Å². The summed E-state index contributed by atoms with van der Waals surface area (Å²) in [6.07, 6.45) is 5.90. The number of pyridine rings is 1. The molecule has 0 saturated carbocycles. The lowest BCUT2D eigenvalue weighted by Gasteiger charge is -2.47. The van der Waals surface area contributed by atoms with Crippen molar-refractivity contribution < 1.29 is 10.0 Å². The number of piperidine rings is 3. The van der Waals surface area contributed by atoms with E-state index >= 15 is 0 Å². The Morgan fingerprint density at radius 1 is 1.32 bits per heavy atom. The number of hydrogen-bond donors (Lipinski definition) is 2. The molecule has 22 heavy (non-hydrogen) atoms. The van der Waals surface area contributed by atoms with Crippen LogP contribution >= 0.6 is 0 Å². The molecule has 3 aliphatic heterocycles. The molecule has 5 atom stereocenters. The Morgan fingerprint density at radius 2 is 2.18 bits per heavy atom. The number of para-hydroxylation sites is 1. The third-order valence-electron chi connectivity index (χ3n) is 5.71. The van der Waals surface area contributed by atoms with E-state index in [1.807, 2.05) is 30.5 Å². The van der Waals surface area contributed by atoms with E-state index in [-0.39, 0.29) is 0 Å². The molecule has 1 unspecified atom stereocenters.